The monoisotopic (exact) mass is 335 g/mol. The predicted molar refractivity (Wildman–Crippen MR) is 91.6 cm³/mol. The van der Waals surface area contributed by atoms with Gasteiger partial charge >= 0.3 is 5.97 Å². The van der Waals surface area contributed by atoms with Gasteiger partial charge in [-0.25, -0.2) is 0 Å². The molecule has 0 radical (unpaired) electrons. The van der Waals surface area contributed by atoms with Crippen molar-refractivity contribution in [3.63, 3.8) is 0 Å². The fraction of sp³-hybridized carbons (Fsp3) is 0.684. The van der Waals surface area contributed by atoms with Crippen LogP contribution in [0.1, 0.15) is 69.9 Å². The number of carbonyl (C=O) groups is 2. The first kappa shape index (κ1) is 18.6. The van der Waals surface area contributed by atoms with E-state index < -0.39 is 0 Å². The molecule has 0 saturated heterocycles. The Labute approximate surface area is 144 Å². The Bertz CT molecular complexity index is 522. The van der Waals surface area contributed by atoms with Crippen molar-refractivity contribution >= 4 is 11.9 Å². The summed E-state index contributed by atoms with van der Waals surface area (Å²) < 4.78 is 10.6. The number of hydrogen-bond acceptors (Lipinski definition) is 4. The summed E-state index contributed by atoms with van der Waals surface area (Å²) in [5.41, 5.74) is 0.335. The number of esters is 1. The van der Waals surface area contributed by atoms with Crippen molar-refractivity contribution in [2.45, 2.75) is 65.4 Å². The Kier molecular flexibility index (Phi) is 6.46. The van der Waals surface area contributed by atoms with Crippen molar-refractivity contribution in [3.8, 4) is 0 Å². The molecule has 0 aliphatic heterocycles. The van der Waals surface area contributed by atoms with Gasteiger partial charge in [-0.15, -0.1) is 0 Å². The van der Waals surface area contributed by atoms with Crippen LogP contribution in [-0.4, -0.2) is 24.5 Å². The molecule has 1 saturated carbocycles. The Hall–Kier alpha value is -1.78. The van der Waals surface area contributed by atoms with Gasteiger partial charge < -0.3 is 14.5 Å². The van der Waals surface area contributed by atoms with Crippen molar-refractivity contribution in [3.05, 3.63) is 24.2 Å². The maximum Gasteiger partial charge on any atom is 0.306 e. The second-order valence-corrected chi connectivity index (χ2v) is 7.67. The molecule has 0 atom stereocenters. The molecule has 1 N–H and O–H groups in total. The van der Waals surface area contributed by atoms with Crippen LogP contribution in [0.15, 0.2) is 22.8 Å². The summed E-state index contributed by atoms with van der Waals surface area (Å²) in [6, 6.07) is 3.28. The SMILES string of the molecule is CC(C)(C)C1CCC(OC(=O)CCCNC(=O)c2ccco2)CC1. The second kappa shape index (κ2) is 8.36. The maximum atomic E-state index is 11.9. The third-order valence-electron chi connectivity index (χ3n) is 4.79. The van der Waals surface area contributed by atoms with E-state index in [1.54, 1.807) is 12.1 Å². The first-order chi connectivity index (χ1) is 11.4. The molecule has 1 aromatic rings. The summed E-state index contributed by atoms with van der Waals surface area (Å²) >= 11 is 0. The highest BCUT2D eigenvalue weighted by atomic mass is 16.5. The Morgan fingerprint density at radius 3 is 2.54 bits per heavy atom. The van der Waals surface area contributed by atoms with Crippen LogP contribution >= 0.6 is 0 Å². The van der Waals surface area contributed by atoms with Crippen LogP contribution in [0.5, 0.6) is 0 Å². The van der Waals surface area contributed by atoms with Gasteiger partial charge in [-0.3, -0.25) is 9.59 Å². The lowest BCUT2D eigenvalue weighted by atomic mass is 9.72. The fourth-order valence-electron chi connectivity index (χ4n) is 3.22. The normalized spacial score (nSPS) is 21.3. The molecule has 0 spiro atoms. The number of amides is 1. The molecule has 24 heavy (non-hydrogen) atoms. The van der Waals surface area contributed by atoms with Crippen molar-refractivity contribution in [2.24, 2.45) is 11.3 Å². The molecule has 5 nitrogen and oxygen atoms in total. The number of carbonyl (C=O) groups excluding carboxylic acids is 2. The first-order valence-electron chi connectivity index (χ1n) is 8.87. The Balaban J connectivity index is 1.58. The quantitative estimate of drug-likeness (QED) is 0.631. The van der Waals surface area contributed by atoms with Gasteiger partial charge in [0.25, 0.3) is 5.91 Å². The van der Waals surface area contributed by atoms with Crippen molar-refractivity contribution in [1.82, 2.24) is 5.32 Å². The van der Waals surface area contributed by atoms with Gasteiger partial charge in [0.15, 0.2) is 5.76 Å². The minimum atomic E-state index is -0.256. The standard InChI is InChI=1S/C19H29NO4/c1-19(2,3)14-8-10-15(11-9-14)24-17(21)7-4-12-20-18(22)16-6-5-13-23-16/h5-6,13-15H,4,7-12H2,1-3H3,(H,20,22). The Morgan fingerprint density at radius 1 is 1.25 bits per heavy atom. The first-order valence-corrected chi connectivity index (χ1v) is 8.87. The van der Waals surface area contributed by atoms with Gasteiger partial charge in [0.2, 0.25) is 0 Å². The largest absolute Gasteiger partial charge is 0.462 e. The minimum Gasteiger partial charge on any atom is -0.462 e. The van der Waals surface area contributed by atoms with Gasteiger partial charge in [0.1, 0.15) is 6.10 Å². The van der Waals surface area contributed by atoms with Gasteiger partial charge in [-0.1, -0.05) is 20.8 Å². The maximum absolute atomic E-state index is 11.9. The summed E-state index contributed by atoms with van der Waals surface area (Å²) in [7, 11) is 0. The van der Waals surface area contributed by atoms with Gasteiger partial charge in [-0.05, 0) is 55.6 Å². The van der Waals surface area contributed by atoms with Gasteiger partial charge in [-0.2, -0.15) is 0 Å². The molecule has 1 heterocycles. The minimum absolute atomic E-state index is 0.0637. The van der Waals surface area contributed by atoms with Crippen LogP contribution in [0.2, 0.25) is 0 Å². The number of nitrogens with one attached hydrogen (secondary N) is 1. The molecule has 0 aromatic carbocycles. The number of hydrogen-bond donors (Lipinski definition) is 1. The van der Waals surface area contributed by atoms with Crippen LogP contribution in [0.3, 0.4) is 0 Å². The average Bonchev–Trinajstić information content (AvgIpc) is 3.05. The third kappa shape index (κ3) is 5.69. The van der Waals surface area contributed by atoms with Crippen LogP contribution in [0.25, 0.3) is 0 Å². The lowest BCUT2D eigenvalue weighted by Gasteiger charge is -2.36. The highest BCUT2D eigenvalue weighted by molar-refractivity contribution is 5.91. The van der Waals surface area contributed by atoms with E-state index in [1.807, 2.05) is 0 Å². The van der Waals surface area contributed by atoms with Crippen LogP contribution < -0.4 is 5.32 Å². The molecular formula is C19H29NO4. The third-order valence-corrected chi connectivity index (χ3v) is 4.79. The molecule has 5 heteroatoms. The molecular weight excluding hydrogens is 306 g/mol. The summed E-state index contributed by atoms with van der Waals surface area (Å²) in [5, 5.41) is 2.73. The molecule has 1 fully saturated rings. The summed E-state index contributed by atoms with van der Waals surface area (Å²) in [6.07, 6.45) is 6.60. The van der Waals surface area contributed by atoms with E-state index in [-0.39, 0.29) is 23.7 Å². The van der Waals surface area contributed by atoms with Gasteiger partial charge in [0, 0.05) is 13.0 Å². The zero-order valence-corrected chi connectivity index (χ0v) is 15.0. The zero-order valence-electron chi connectivity index (χ0n) is 15.0. The summed E-state index contributed by atoms with van der Waals surface area (Å²) in [6.45, 7) is 7.27. The van der Waals surface area contributed by atoms with Crippen LogP contribution in [0.4, 0.5) is 0 Å². The van der Waals surface area contributed by atoms with E-state index in [1.165, 1.54) is 6.26 Å². The average molecular weight is 335 g/mol. The topological polar surface area (TPSA) is 68.5 Å². The van der Waals surface area contributed by atoms with Gasteiger partial charge in [0.05, 0.1) is 6.26 Å². The zero-order chi connectivity index (χ0) is 17.6. The molecule has 134 valence electrons. The van der Waals surface area contributed by atoms with Crippen LogP contribution in [0, 0.1) is 11.3 Å². The van der Waals surface area contributed by atoms with E-state index >= 15 is 0 Å². The van der Waals surface area contributed by atoms with E-state index in [2.05, 4.69) is 26.1 Å². The highest BCUT2D eigenvalue weighted by Gasteiger charge is 2.30. The predicted octanol–water partition coefficient (Wildman–Crippen LogP) is 3.94. The lowest BCUT2D eigenvalue weighted by Crippen LogP contribution is -2.30. The number of furan rings is 1. The molecule has 1 aliphatic rings. The summed E-state index contributed by atoms with van der Waals surface area (Å²) in [4.78, 5) is 23.6. The second-order valence-electron chi connectivity index (χ2n) is 7.67. The van der Waals surface area contributed by atoms with Crippen LogP contribution in [-0.2, 0) is 9.53 Å². The molecule has 1 aliphatic carbocycles. The van der Waals surface area contributed by atoms with Crippen molar-refractivity contribution in [1.29, 1.82) is 0 Å². The van der Waals surface area contributed by atoms with Crippen molar-refractivity contribution in [2.75, 3.05) is 6.54 Å². The van der Waals surface area contributed by atoms with E-state index in [4.69, 9.17) is 9.15 Å². The van der Waals surface area contributed by atoms with E-state index in [9.17, 15) is 9.59 Å². The smallest absolute Gasteiger partial charge is 0.306 e. The Morgan fingerprint density at radius 2 is 1.96 bits per heavy atom. The molecule has 2 rings (SSSR count). The molecule has 1 amide bonds. The molecule has 1 aromatic heterocycles. The summed E-state index contributed by atoms with van der Waals surface area (Å²) in [5.74, 6) is 0.577. The van der Waals surface area contributed by atoms with E-state index in [0.717, 1.165) is 25.7 Å². The molecule has 0 unspecified atom stereocenters. The van der Waals surface area contributed by atoms with Crippen molar-refractivity contribution < 1.29 is 18.7 Å². The van der Waals surface area contributed by atoms with E-state index in [0.29, 0.717) is 30.7 Å². The highest BCUT2D eigenvalue weighted by Crippen LogP contribution is 2.38. The fourth-order valence-corrected chi connectivity index (χ4v) is 3.22. The number of ether oxygens (including phenoxy) is 1. The molecule has 0 bridgehead atoms. The number of rotatable bonds is 6. The lowest BCUT2D eigenvalue weighted by molar-refractivity contribution is -0.151.